The van der Waals surface area contributed by atoms with Gasteiger partial charge in [0.1, 0.15) is 0 Å². The van der Waals surface area contributed by atoms with Crippen LogP contribution in [0.1, 0.15) is 35.8 Å². The molecule has 2 aliphatic heterocycles. The SMILES string of the molecule is Cc1nn(C)c(C)c1[C@H]1CCCN1C[C@H](O)CN1CCOCC1. The third-order valence-electron chi connectivity index (χ3n) is 5.28. The van der Waals surface area contributed by atoms with Gasteiger partial charge in [0.25, 0.3) is 0 Å². The summed E-state index contributed by atoms with van der Waals surface area (Å²) < 4.78 is 7.35. The molecule has 0 bridgehead atoms. The van der Waals surface area contributed by atoms with Crippen molar-refractivity contribution in [3.8, 4) is 0 Å². The van der Waals surface area contributed by atoms with Gasteiger partial charge in [-0.05, 0) is 33.2 Å². The Morgan fingerprint density at radius 2 is 1.96 bits per heavy atom. The molecule has 1 aromatic heterocycles. The van der Waals surface area contributed by atoms with E-state index in [9.17, 15) is 5.11 Å². The molecule has 2 fully saturated rings. The predicted octanol–water partition coefficient (Wildman–Crippen LogP) is 0.867. The number of β-amino-alcohol motifs (C(OH)–C–C–N with tert-alkyl or cyclic N) is 1. The number of rotatable bonds is 5. The second kappa shape index (κ2) is 7.30. The van der Waals surface area contributed by atoms with Crippen molar-refractivity contribution in [1.29, 1.82) is 0 Å². The molecule has 2 saturated heterocycles. The minimum atomic E-state index is -0.300. The Hall–Kier alpha value is -0.950. The van der Waals surface area contributed by atoms with Gasteiger partial charge in [0.05, 0.1) is 25.0 Å². The zero-order valence-electron chi connectivity index (χ0n) is 14.7. The van der Waals surface area contributed by atoms with E-state index >= 15 is 0 Å². The fraction of sp³-hybridized carbons (Fsp3) is 0.824. The molecule has 0 unspecified atom stereocenters. The third-order valence-corrected chi connectivity index (χ3v) is 5.28. The van der Waals surface area contributed by atoms with Crippen LogP contribution in [-0.4, -0.2) is 76.7 Å². The van der Waals surface area contributed by atoms with Gasteiger partial charge >= 0.3 is 0 Å². The third kappa shape index (κ3) is 3.76. The molecule has 2 aliphatic rings. The molecule has 2 atom stereocenters. The summed E-state index contributed by atoms with van der Waals surface area (Å²) >= 11 is 0. The first-order chi connectivity index (χ1) is 11.1. The largest absolute Gasteiger partial charge is 0.390 e. The fourth-order valence-corrected chi connectivity index (χ4v) is 4.05. The Morgan fingerprint density at radius 3 is 2.61 bits per heavy atom. The van der Waals surface area contributed by atoms with Crippen molar-refractivity contribution in [3.63, 3.8) is 0 Å². The second-order valence-electron chi connectivity index (χ2n) is 6.93. The smallest absolute Gasteiger partial charge is 0.0794 e. The van der Waals surface area contributed by atoms with Gasteiger partial charge in [0.2, 0.25) is 0 Å². The zero-order valence-corrected chi connectivity index (χ0v) is 14.7. The molecule has 1 aromatic rings. The highest BCUT2D eigenvalue weighted by Gasteiger charge is 2.31. The molecule has 0 aromatic carbocycles. The Morgan fingerprint density at radius 1 is 1.22 bits per heavy atom. The van der Waals surface area contributed by atoms with Crippen LogP contribution in [0.4, 0.5) is 0 Å². The Balaban J connectivity index is 1.62. The number of ether oxygens (including phenoxy) is 1. The van der Waals surface area contributed by atoms with E-state index in [1.807, 2.05) is 11.7 Å². The Labute approximate surface area is 139 Å². The first-order valence-corrected chi connectivity index (χ1v) is 8.78. The lowest BCUT2D eigenvalue weighted by molar-refractivity contribution is 0.00581. The fourth-order valence-electron chi connectivity index (χ4n) is 4.05. The van der Waals surface area contributed by atoms with E-state index in [0.29, 0.717) is 6.04 Å². The summed E-state index contributed by atoms with van der Waals surface area (Å²) in [6.07, 6.45) is 2.06. The molecule has 23 heavy (non-hydrogen) atoms. The number of aromatic nitrogens is 2. The first kappa shape index (κ1) is 16.9. The van der Waals surface area contributed by atoms with Crippen LogP contribution < -0.4 is 0 Å². The summed E-state index contributed by atoms with van der Waals surface area (Å²) in [4.78, 5) is 4.75. The van der Waals surface area contributed by atoms with E-state index in [1.54, 1.807) is 0 Å². The normalized spacial score (nSPS) is 25.1. The Bertz CT molecular complexity index is 525. The van der Waals surface area contributed by atoms with Gasteiger partial charge < -0.3 is 9.84 Å². The zero-order chi connectivity index (χ0) is 16.4. The van der Waals surface area contributed by atoms with Crippen molar-refractivity contribution in [2.75, 3.05) is 45.9 Å². The van der Waals surface area contributed by atoms with Crippen LogP contribution in [0.15, 0.2) is 0 Å². The average Bonchev–Trinajstić information content (AvgIpc) is 3.05. The lowest BCUT2D eigenvalue weighted by atomic mass is 10.0. The maximum absolute atomic E-state index is 10.5. The molecular formula is C17H30N4O2. The quantitative estimate of drug-likeness (QED) is 0.872. The van der Waals surface area contributed by atoms with Crippen LogP contribution in [0, 0.1) is 13.8 Å². The lowest BCUT2D eigenvalue weighted by Gasteiger charge is -2.32. The van der Waals surface area contributed by atoms with Gasteiger partial charge in [-0.25, -0.2) is 0 Å². The van der Waals surface area contributed by atoms with E-state index in [1.165, 1.54) is 17.7 Å². The molecule has 130 valence electrons. The number of aryl methyl sites for hydroxylation is 2. The molecule has 1 N–H and O–H groups in total. The number of aliphatic hydroxyl groups is 1. The molecule has 0 amide bonds. The molecule has 0 saturated carbocycles. The highest BCUT2D eigenvalue weighted by Crippen LogP contribution is 2.35. The number of hydrogen-bond donors (Lipinski definition) is 1. The number of likely N-dealkylation sites (tertiary alicyclic amines) is 1. The molecule has 3 heterocycles. The summed E-state index contributed by atoms with van der Waals surface area (Å²) in [6, 6.07) is 0.406. The van der Waals surface area contributed by atoms with Crippen molar-refractivity contribution in [1.82, 2.24) is 19.6 Å². The van der Waals surface area contributed by atoms with E-state index in [4.69, 9.17) is 4.74 Å². The summed E-state index contributed by atoms with van der Waals surface area (Å²) in [5, 5.41) is 15.1. The van der Waals surface area contributed by atoms with Crippen molar-refractivity contribution in [2.45, 2.75) is 38.8 Å². The maximum atomic E-state index is 10.5. The molecule has 6 heteroatoms. The van der Waals surface area contributed by atoms with Crippen molar-refractivity contribution in [3.05, 3.63) is 17.0 Å². The van der Waals surface area contributed by atoms with Crippen LogP contribution >= 0.6 is 0 Å². The molecule has 0 spiro atoms. The van der Waals surface area contributed by atoms with Crippen LogP contribution in [0.25, 0.3) is 0 Å². The molecular weight excluding hydrogens is 292 g/mol. The van der Waals surface area contributed by atoms with Crippen LogP contribution in [0.5, 0.6) is 0 Å². The number of morpholine rings is 1. The number of aliphatic hydroxyl groups excluding tert-OH is 1. The first-order valence-electron chi connectivity index (χ1n) is 8.78. The van der Waals surface area contributed by atoms with Crippen LogP contribution in [0.3, 0.4) is 0 Å². The minimum absolute atomic E-state index is 0.300. The predicted molar refractivity (Wildman–Crippen MR) is 89.5 cm³/mol. The summed E-state index contributed by atoms with van der Waals surface area (Å²) in [5.74, 6) is 0. The molecule has 0 aliphatic carbocycles. The van der Waals surface area contributed by atoms with Gasteiger partial charge in [-0.3, -0.25) is 14.5 Å². The molecule has 0 radical (unpaired) electrons. The van der Waals surface area contributed by atoms with Gasteiger partial charge in [0, 0.05) is 50.5 Å². The van der Waals surface area contributed by atoms with Crippen molar-refractivity contribution < 1.29 is 9.84 Å². The van der Waals surface area contributed by atoms with Crippen LogP contribution in [0.2, 0.25) is 0 Å². The lowest BCUT2D eigenvalue weighted by Crippen LogP contribution is -2.44. The maximum Gasteiger partial charge on any atom is 0.0794 e. The van der Waals surface area contributed by atoms with Gasteiger partial charge in [0.15, 0.2) is 0 Å². The number of hydrogen-bond acceptors (Lipinski definition) is 5. The van der Waals surface area contributed by atoms with E-state index in [-0.39, 0.29) is 6.10 Å². The number of nitrogens with zero attached hydrogens (tertiary/aromatic N) is 4. The van der Waals surface area contributed by atoms with E-state index in [0.717, 1.165) is 58.1 Å². The van der Waals surface area contributed by atoms with Crippen LogP contribution in [-0.2, 0) is 11.8 Å². The van der Waals surface area contributed by atoms with Gasteiger partial charge in [-0.2, -0.15) is 5.10 Å². The monoisotopic (exact) mass is 322 g/mol. The standard InChI is InChI=1S/C17H30N4O2/c1-13-17(14(2)19(3)18-13)16-5-4-6-21(16)12-15(22)11-20-7-9-23-10-8-20/h15-16,22H,4-12H2,1-3H3/t15-,16-/m1/s1. The topological polar surface area (TPSA) is 53.8 Å². The van der Waals surface area contributed by atoms with E-state index < -0.39 is 0 Å². The van der Waals surface area contributed by atoms with Gasteiger partial charge in [-0.1, -0.05) is 0 Å². The summed E-state index contributed by atoms with van der Waals surface area (Å²) in [6.45, 7) is 10.2. The summed E-state index contributed by atoms with van der Waals surface area (Å²) in [5.41, 5.74) is 3.75. The highest BCUT2D eigenvalue weighted by atomic mass is 16.5. The molecule has 3 rings (SSSR count). The second-order valence-corrected chi connectivity index (χ2v) is 6.93. The van der Waals surface area contributed by atoms with Crippen molar-refractivity contribution in [2.24, 2.45) is 7.05 Å². The minimum Gasteiger partial charge on any atom is -0.390 e. The van der Waals surface area contributed by atoms with Crippen molar-refractivity contribution >= 4 is 0 Å². The summed E-state index contributed by atoms with van der Waals surface area (Å²) in [7, 11) is 2.01. The van der Waals surface area contributed by atoms with E-state index in [2.05, 4.69) is 28.7 Å². The molecule has 6 nitrogen and oxygen atoms in total. The highest BCUT2D eigenvalue weighted by molar-refractivity contribution is 5.29. The Kier molecular flexibility index (Phi) is 5.36. The van der Waals surface area contributed by atoms with Gasteiger partial charge in [-0.15, -0.1) is 0 Å². The average molecular weight is 322 g/mol.